The van der Waals surface area contributed by atoms with Gasteiger partial charge in [0.2, 0.25) is 5.72 Å². The lowest BCUT2D eigenvalue weighted by Gasteiger charge is -2.44. The number of Topliss-reactive ketones (excluding diaryl/α,β-unsaturated/α-hetero) is 1. The van der Waals surface area contributed by atoms with Crippen LogP contribution in [0, 0.1) is 5.92 Å². The number of hydrogen-bond donors (Lipinski definition) is 3. The highest BCUT2D eigenvalue weighted by atomic mass is 32.1. The summed E-state index contributed by atoms with van der Waals surface area (Å²) >= 11 is 0.953. The lowest BCUT2D eigenvalue weighted by Crippen LogP contribution is -2.72. The zero-order chi connectivity index (χ0) is 23.6. The second-order valence-corrected chi connectivity index (χ2v) is 8.45. The average Bonchev–Trinajstić information content (AvgIpc) is 3.32. The van der Waals surface area contributed by atoms with Crippen LogP contribution in [0.25, 0.3) is 0 Å². The largest absolute Gasteiger partial charge is 0.489 e. The zero-order valence-electron chi connectivity index (χ0n) is 17.0. The Morgan fingerprint density at radius 3 is 2.36 bits per heavy atom. The number of alkyl halides is 3. The minimum atomic E-state index is -5.29. The number of aliphatic hydroxyl groups is 1. The Morgan fingerprint density at radius 1 is 1.06 bits per heavy atom. The molecule has 33 heavy (non-hydrogen) atoms. The summed E-state index contributed by atoms with van der Waals surface area (Å²) in [7, 11) is 0. The molecule has 0 aliphatic carbocycles. The number of thiophene rings is 1. The minimum absolute atomic E-state index is 0.0356. The number of ether oxygens (including phenoxy) is 1. The fraction of sp³-hybridized carbons (Fsp3) is 0.217. The third kappa shape index (κ3) is 4.57. The molecule has 1 fully saturated rings. The van der Waals surface area contributed by atoms with Crippen molar-refractivity contribution in [2.75, 3.05) is 0 Å². The van der Waals surface area contributed by atoms with Gasteiger partial charge >= 0.3 is 12.2 Å². The number of amides is 2. The standard InChI is InChI=1S/C23H19F3N2O4S/c24-23(25,26)22(31)18(20(29)17-7-4-12-33-17)19(27-21(30)28-22)15-8-10-16(11-9-15)32-13-14-5-2-1-3-6-14/h1-12,18-19,31H,13H2,(H2,27,28,30)/t18-,19+,22-/m0/s1. The number of benzene rings is 2. The van der Waals surface area contributed by atoms with Crippen LogP contribution in [0.5, 0.6) is 5.75 Å². The van der Waals surface area contributed by atoms with E-state index in [1.165, 1.54) is 41.7 Å². The van der Waals surface area contributed by atoms with Crippen LogP contribution >= 0.6 is 11.3 Å². The summed E-state index contributed by atoms with van der Waals surface area (Å²) in [5, 5.41) is 16.0. The van der Waals surface area contributed by atoms with E-state index < -0.39 is 35.7 Å². The fourth-order valence-electron chi connectivity index (χ4n) is 3.70. The Labute approximate surface area is 191 Å². The highest BCUT2D eigenvalue weighted by molar-refractivity contribution is 7.12. The number of carbonyl (C=O) groups excluding carboxylic acids is 2. The van der Waals surface area contributed by atoms with E-state index in [1.807, 2.05) is 30.3 Å². The van der Waals surface area contributed by atoms with E-state index in [4.69, 9.17) is 4.74 Å². The van der Waals surface area contributed by atoms with Gasteiger partial charge in [-0.1, -0.05) is 48.5 Å². The van der Waals surface area contributed by atoms with Gasteiger partial charge in [-0.25, -0.2) is 4.79 Å². The number of hydrogen-bond acceptors (Lipinski definition) is 5. The summed E-state index contributed by atoms with van der Waals surface area (Å²) in [5.74, 6) is -2.54. The summed E-state index contributed by atoms with van der Waals surface area (Å²) in [6.07, 6.45) is -5.29. The molecule has 2 aromatic carbocycles. The zero-order valence-corrected chi connectivity index (χ0v) is 17.8. The molecule has 0 unspecified atom stereocenters. The maximum absolute atomic E-state index is 13.9. The highest BCUT2D eigenvalue weighted by Gasteiger charge is 2.66. The predicted octanol–water partition coefficient (Wildman–Crippen LogP) is 4.43. The van der Waals surface area contributed by atoms with Crippen LogP contribution in [0.2, 0.25) is 0 Å². The van der Waals surface area contributed by atoms with Crippen LogP contribution < -0.4 is 15.4 Å². The van der Waals surface area contributed by atoms with E-state index >= 15 is 0 Å². The number of ketones is 1. The molecule has 1 saturated heterocycles. The maximum Gasteiger partial charge on any atom is 0.437 e. The number of carbonyl (C=O) groups is 2. The van der Waals surface area contributed by atoms with E-state index in [9.17, 15) is 27.9 Å². The van der Waals surface area contributed by atoms with E-state index in [1.54, 1.807) is 5.38 Å². The normalized spacial score (nSPS) is 22.8. The molecule has 0 bridgehead atoms. The molecule has 172 valence electrons. The molecule has 0 saturated carbocycles. The van der Waals surface area contributed by atoms with Gasteiger partial charge in [-0.2, -0.15) is 13.2 Å². The summed E-state index contributed by atoms with van der Waals surface area (Å²) < 4.78 is 47.4. The highest BCUT2D eigenvalue weighted by Crippen LogP contribution is 2.44. The first-order valence-corrected chi connectivity index (χ1v) is 10.8. The number of rotatable bonds is 6. The van der Waals surface area contributed by atoms with Crippen molar-refractivity contribution in [3.8, 4) is 5.75 Å². The molecule has 1 aliphatic heterocycles. The molecule has 1 aromatic heterocycles. The Morgan fingerprint density at radius 2 is 1.76 bits per heavy atom. The molecule has 0 radical (unpaired) electrons. The molecular formula is C23H19F3N2O4S. The quantitative estimate of drug-likeness (QED) is 0.460. The molecule has 3 atom stereocenters. The minimum Gasteiger partial charge on any atom is -0.489 e. The van der Waals surface area contributed by atoms with Crippen molar-refractivity contribution >= 4 is 23.2 Å². The smallest absolute Gasteiger partial charge is 0.437 e. The third-order valence-corrected chi connectivity index (χ3v) is 6.22. The van der Waals surface area contributed by atoms with Crippen LogP contribution in [0.1, 0.15) is 26.8 Å². The second-order valence-electron chi connectivity index (χ2n) is 7.50. The fourth-order valence-corrected chi connectivity index (χ4v) is 4.41. The van der Waals surface area contributed by atoms with Gasteiger partial charge in [0.25, 0.3) is 0 Å². The van der Waals surface area contributed by atoms with Crippen molar-refractivity contribution in [1.29, 1.82) is 0 Å². The second kappa shape index (κ2) is 8.87. The van der Waals surface area contributed by atoms with Gasteiger partial charge in [0.15, 0.2) is 5.78 Å². The topological polar surface area (TPSA) is 87.7 Å². The average molecular weight is 476 g/mol. The van der Waals surface area contributed by atoms with Gasteiger partial charge < -0.3 is 20.5 Å². The van der Waals surface area contributed by atoms with Gasteiger partial charge in [-0.15, -0.1) is 11.3 Å². The molecule has 3 aromatic rings. The van der Waals surface area contributed by atoms with E-state index in [-0.39, 0.29) is 17.0 Å². The number of urea groups is 1. The molecule has 2 heterocycles. The van der Waals surface area contributed by atoms with Gasteiger partial charge in [0, 0.05) is 0 Å². The van der Waals surface area contributed by atoms with Crippen molar-refractivity contribution in [3.05, 3.63) is 88.1 Å². The van der Waals surface area contributed by atoms with Gasteiger partial charge in [-0.3, -0.25) is 4.79 Å². The predicted molar refractivity (Wildman–Crippen MR) is 115 cm³/mol. The molecule has 10 heteroatoms. The number of nitrogens with one attached hydrogen (secondary N) is 2. The summed E-state index contributed by atoms with van der Waals surface area (Å²) in [6, 6.07) is 15.6. The molecule has 3 N–H and O–H groups in total. The van der Waals surface area contributed by atoms with Crippen LogP contribution in [0.3, 0.4) is 0 Å². The number of halogens is 3. The van der Waals surface area contributed by atoms with E-state index in [0.29, 0.717) is 5.75 Å². The molecular weight excluding hydrogens is 457 g/mol. The van der Waals surface area contributed by atoms with Crippen molar-refractivity contribution < 1.29 is 32.6 Å². The first-order valence-electron chi connectivity index (χ1n) is 9.91. The van der Waals surface area contributed by atoms with Gasteiger partial charge in [0.05, 0.1) is 10.9 Å². The van der Waals surface area contributed by atoms with Gasteiger partial charge in [-0.05, 0) is 34.7 Å². The molecule has 2 amide bonds. The first-order chi connectivity index (χ1) is 15.7. The molecule has 4 rings (SSSR count). The van der Waals surface area contributed by atoms with Crippen LogP contribution in [-0.2, 0) is 6.61 Å². The first kappa shape index (κ1) is 22.8. The Hall–Kier alpha value is -3.37. The molecule has 1 aliphatic rings. The monoisotopic (exact) mass is 476 g/mol. The maximum atomic E-state index is 13.9. The summed E-state index contributed by atoms with van der Waals surface area (Å²) in [5.41, 5.74) is -2.60. The SMILES string of the molecule is O=C1N[C@H](c2ccc(OCc3ccccc3)cc2)[C@@H](C(=O)c2cccs2)[C@](O)(C(F)(F)F)N1. The third-order valence-electron chi connectivity index (χ3n) is 5.34. The summed E-state index contributed by atoms with van der Waals surface area (Å²) in [4.78, 5) is 25.2. The van der Waals surface area contributed by atoms with Crippen molar-refractivity contribution in [2.45, 2.75) is 24.6 Å². The van der Waals surface area contributed by atoms with Gasteiger partial charge in [0.1, 0.15) is 18.3 Å². The Kier molecular flexibility index (Phi) is 6.13. The molecule has 0 spiro atoms. The van der Waals surface area contributed by atoms with Crippen LogP contribution in [0.15, 0.2) is 72.1 Å². The van der Waals surface area contributed by atoms with Crippen LogP contribution in [-0.4, -0.2) is 28.8 Å². The lowest BCUT2D eigenvalue weighted by atomic mass is 9.78. The Bertz CT molecular complexity index is 1120. The van der Waals surface area contributed by atoms with E-state index in [2.05, 4.69) is 5.32 Å². The molecule has 6 nitrogen and oxygen atoms in total. The van der Waals surface area contributed by atoms with E-state index in [0.717, 1.165) is 16.9 Å². The van der Waals surface area contributed by atoms with Crippen molar-refractivity contribution in [2.24, 2.45) is 5.92 Å². The van der Waals surface area contributed by atoms with Crippen molar-refractivity contribution in [3.63, 3.8) is 0 Å². The summed E-state index contributed by atoms with van der Waals surface area (Å²) in [6.45, 7) is 0.289. The lowest BCUT2D eigenvalue weighted by molar-refractivity contribution is -0.287. The van der Waals surface area contributed by atoms with Crippen LogP contribution in [0.4, 0.5) is 18.0 Å². The van der Waals surface area contributed by atoms with Crippen molar-refractivity contribution in [1.82, 2.24) is 10.6 Å². The Balaban J connectivity index is 1.64.